The largest absolute Gasteiger partial charge is 0.418 e. The van der Waals surface area contributed by atoms with Gasteiger partial charge in [-0.2, -0.15) is 13.2 Å². The van der Waals surface area contributed by atoms with Gasteiger partial charge < -0.3 is 0 Å². The van der Waals surface area contributed by atoms with Gasteiger partial charge in [-0.15, -0.1) is 5.73 Å². The van der Waals surface area contributed by atoms with E-state index in [2.05, 4.69) is 0 Å². The summed E-state index contributed by atoms with van der Waals surface area (Å²) in [5.41, 5.74) is 6.99. The highest BCUT2D eigenvalue weighted by Crippen LogP contribution is 2.33. The fourth-order valence-corrected chi connectivity index (χ4v) is 0.713. The van der Waals surface area contributed by atoms with E-state index in [1.807, 2.05) is 0 Å². The Balaban J connectivity index is 3.14. The minimum atomic E-state index is -4.47. The Morgan fingerprint density at radius 3 is 2.00 bits per heavy atom. The lowest BCUT2D eigenvalue weighted by Crippen LogP contribution is -2.05. The molecular weight excluding hydrogens is 155 g/mol. The second-order valence-corrected chi connectivity index (χ2v) is 2.01. The van der Waals surface area contributed by atoms with Crippen LogP contribution in [0.4, 0.5) is 18.9 Å². The summed E-state index contributed by atoms with van der Waals surface area (Å²) in [7, 11) is 0. The molecule has 0 amide bonds. The van der Waals surface area contributed by atoms with Crippen molar-refractivity contribution in [3.8, 4) is 0 Å². The van der Waals surface area contributed by atoms with Crippen LogP contribution < -0.4 is 5.73 Å². The van der Waals surface area contributed by atoms with Crippen LogP contribution in [0.25, 0.3) is 0 Å². The maximum absolute atomic E-state index is 11.9. The third-order valence-electron chi connectivity index (χ3n) is 1.21. The minimum absolute atomic E-state index is 0.736. The number of alkyl halides is 3. The number of rotatable bonds is 0. The summed E-state index contributed by atoms with van der Waals surface area (Å²) in [6.07, 6.45) is -4.47. The quantitative estimate of drug-likeness (QED) is 0.554. The van der Waals surface area contributed by atoms with E-state index < -0.39 is 17.4 Å². The van der Waals surface area contributed by atoms with Gasteiger partial charge in [-0.25, -0.2) is 0 Å². The highest BCUT2D eigenvalue weighted by Gasteiger charge is 2.32. The van der Waals surface area contributed by atoms with Crippen molar-refractivity contribution < 1.29 is 13.2 Å². The van der Waals surface area contributed by atoms with E-state index in [0.717, 1.165) is 12.1 Å². The summed E-state index contributed by atoms with van der Waals surface area (Å²) in [6, 6.07) is 4.39. The molecule has 0 saturated heterocycles. The van der Waals surface area contributed by atoms with Crippen molar-refractivity contribution in [1.82, 2.24) is 5.73 Å². The molecule has 1 rings (SSSR count). The molecule has 0 saturated carbocycles. The van der Waals surface area contributed by atoms with E-state index in [-0.39, 0.29) is 0 Å². The normalized spacial score (nSPS) is 11.5. The van der Waals surface area contributed by atoms with Crippen LogP contribution in [0.2, 0.25) is 0 Å². The van der Waals surface area contributed by atoms with Gasteiger partial charge in [-0.3, -0.25) is 0 Å². The molecule has 2 radical (unpaired) electrons. The summed E-state index contributed by atoms with van der Waals surface area (Å²) in [4.78, 5) is 0. The van der Waals surface area contributed by atoms with Crippen molar-refractivity contribution in [2.45, 2.75) is 6.18 Å². The lowest BCUT2D eigenvalue weighted by molar-refractivity contribution is -0.137. The SMILES string of the molecule is [N]c1ccccc1C(F)(F)F. The lowest BCUT2D eigenvalue weighted by atomic mass is 10.2. The first kappa shape index (κ1) is 7.91. The van der Waals surface area contributed by atoms with Crippen LogP contribution in [0, 0.1) is 0 Å². The third kappa shape index (κ3) is 1.63. The molecule has 0 aliphatic heterocycles. The lowest BCUT2D eigenvalue weighted by Gasteiger charge is -2.06. The highest BCUT2D eigenvalue weighted by atomic mass is 19.4. The molecule has 1 nitrogen and oxygen atoms in total. The Morgan fingerprint density at radius 2 is 1.64 bits per heavy atom. The molecule has 0 aliphatic carbocycles. The van der Waals surface area contributed by atoms with Gasteiger partial charge in [-0.1, -0.05) is 12.1 Å². The van der Waals surface area contributed by atoms with Crippen molar-refractivity contribution >= 4 is 5.69 Å². The molecule has 0 unspecified atom stereocenters. The van der Waals surface area contributed by atoms with Crippen molar-refractivity contribution in [3.05, 3.63) is 29.8 Å². The maximum atomic E-state index is 11.9. The zero-order valence-corrected chi connectivity index (χ0v) is 5.39. The molecule has 0 bridgehead atoms. The van der Waals surface area contributed by atoms with Crippen LogP contribution in [0.15, 0.2) is 24.3 Å². The van der Waals surface area contributed by atoms with E-state index >= 15 is 0 Å². The first-order chi connectivity index (χ1) is 5.02. The first-order valence-electron chi connectivity index (χ1n) is 2.87. The second kappa shape index (κ2) is 2.45. The molecule has 0 atom stereocenters. The van der Waals surface area contributed by atoms with E-state index in [1.165, 1.54) is 12.1 Å². The molecule has 58 valence electrons. The molecule has 4 heteroatoms. The van der Waals surface area contributed by atoms with Crippen LogP contribution in [-0.2, 0) is 6.18 Å². The van der Waals surface area contributed by atoms with Crippen molar-refractivity contribution in [3.63, 3.8) is 0 Å². The fourth-order valence-electron chi connectivity index (χ4n) is 0.713. The monoisotopic (exact) mass is 159 g/mol. The smallest absolute Gasteiger partial charge is 0.166 e. The van der Waals surface area contributed by atoms with Crippen molar-refractivity contribution in [2.24, 2.45) is 0 Å². The zero-order chi connectivity index (χ0) is 8.48. The molecular formula is C7H4F3N. The summed E-state index contributed by atoms with van der Waals surface area (Å²) in [6.45, 7) is 0. The Labute approximate surface area is 61.6 Å². The maximum Gasteiger partial charge on any atom is 0.418 e. The van der Waals surface area contributed by atoms with E-state index in [1.54, 1.807) is 0 Å². The van der Waals surface area contributed by atoms with Crippen LogP contribution >= 0.6 is 0 Å². The standard InChI is InChI=1S/C7H4F3N/c8-7(9,10)5-3-1-2-4-6(5)11/h1-4H. The zero-order valence-electron chi connectivity index (χ0n) is 5.39. The average Bonchev–Trinajstić information content (AvgIpc) is 1.86. The van der Waals surface area contributed by atoms with Gasteiger partial charge in [0.05, 0.1) is 11.3 Å². The minimum Gasteiger partial charge on any atom is -0.166 e. The molecule has 0 heterocycles. The Hall–Kier alpha value is -1.19. The molecule has 0 aromatic heterocycles. The first-order valence-corrected chi connectivity index (χ1v) is 2.87. The molecule has 0 fully saturated rings. The van der Waals surface area contributed by atoms with E-state index in [4.69, 9.17) is 5.73 Å². The van der Waals surface area contributed by atoms with Gasteiger partial charge in [0, 0.05) is 0 Å². The molecule has 0 aliphatic rings. The van der Waals surface area contributed by atoms with Crippen molar-refractivity contribution in [1.29, 1.82) is 0 Å². The Bertz CT molecular complexity index is 254. The van der Waals surface area contributed by atoms with Crippen LogP contribution in [-0.4, -0.2) is 0 Å². The fraction of sp³-hybridized carbons (Fsp3) is 0.143. The summed E-state index contributed by atoms with van der Waals surface area (Å²) >= 11 is 0. The molecule has 1 aromatic rings. The topological polar surface area (TPSA) is 22.3 Å². The summed E-state index contributed by atoms with van der Waals surface area (Å²) in [5, 5.41) is 0. The van der Waals surface area contributed by atoms with Gasteiger partial charge in [0.15, 0.2) is 0 Å². The van der Waals surface area contributed by atoms with Gasteiger partial charge in [-0.05, 0) is 12.1 Å². The molecule has 11 heavy (non-hydrogen) atoms. The van der Waals surface area contributed by atoms with E-state index in [9.17, 15) is 13.2 Å². The molecule has 0 spiro atoms. The van der Waals surface area contributed by atoms with Crippen LogP contribution in [0.1, 0.15) is 5.56 Å². The summed E-state index contributed by atoms with van der Waals surface area (Å²) < 4.78 is 35.7. The average molecular weight is 159 g/mol. The number of halogens is 3. The van der Waals surface area contributed by atoms with Crippen LogP contribution in [0.5, 0.6) is 0 Å². The molecule has 1 aromatic carbocycles. The van der Waals surface area contributed by atoms with Crippen LogP contribution in [0.3, 0.4) is 0 Å². The predicted octanol–water partition coefficient (Wildman–Crippen LogP) is 2.41. The summed E-state index contributed by atoms with van der Waals surface area (Å²) in [5.74, 6) is 0. The predicted molar refractivity (Wildman–Crippen MR) is 33.2 cm³/mol. The molecule has 0 N–H and O–H groups in total. The number of hydrogen-bond donors (Lipinski definition) is 0. The Kier molecular flexibility index (Phi) is 1.76. The van der Waals surface area contributed by atoms with E-state index in [0.29, 0.717) is 0 Å². The third-order valence-corrected chi connectivity index (χ3v) is 1.21. The number of nitrogens with zero attached hydrogens (tertiary/aromatic N) is 1. The Morgan fingerprint density at radius 1 is 1.09 bits per heavy atom. The van der Waals surface area contributed by atoms with Gasteiger partial charge in [0.25, 0.3) is 0 Å². The number of hydrogen-bond acceptors (Lipinski definition) is 0. The number of benzene rings is 1. The van der Waals surface area contributed by atoms with Gasteiger partial charge in [0.2, 0.25) is 0 Å². The highest BCUT2D eigenvalue weighted by molar-refractivity contribution is 5.44. The second-order valence-electron chi connectivity index (χ2n) is 2.01. The van der Waals surface area contributed by atoms with Gasteiger partial charge >= 0.3 is 6.18 Å². The van der Waals surface area contributed by atoms with Gasteiger partial charge in [0.1, 0.15) is 0 Å². The van der Waals surface area contributed by atoms with Crippen molar-refractivity contribution in [2.75, 3.05) is 0 Å².